The Hall–Kier alpha value is -2.74. The van der Waals surface area contributed by atoms with Crippen molar-refractivity contribution in [2.24, 2.45) is 5.73 Å². The predicted octanol–water partition coefficient (Wildman–Crippen LogP) is 0.0752. The van der Waals surface area contributed by atoms with Gasteiger partial charge in [-0.1, -0.05) is 18.2 Å². The number of hydrogen-bond acceptors (Lipinski definition) is 8. The number of aliphatic hydroxyl groups excluding tert-OH is 1. The molecule has 0 aliphatic rings. The minimum absolute atomic E-state index is 0.236. The highest BCUT2D eigenvalue weighted by atomic mass is 32.2. The minimum atomic E-state index is -1.49. The lowest BCUT2D eigenvalue weighted by Gasteiger charge is -2.25. The third-order valence-corrected chi connectivity index (χ3v) is 7.02. The molecule has 0 spiro atoms. The van der Waals surface area contributed by atoms with Crippen molar-refractivity contribution in [2.45, 2.75) is 43.4 Å². The first-order valence-electron chi connectivity index (χ1n) is 11.7. The fourth-order valence-corrected chi connectivity index (χ4v) is 4.59. The second kappa shape index (κ2) is 15.5. The third-order valence-electron chi connectivity index (χ3n) is 5.74. The van der Waals surface area contributed by atoms with Gasteiger partial charge in [-0.3, -0.25) is 14.4 Å². The van der Waals surface area contributed by atoms with Crippen LogP contribution in [0.5, 0.6) is 0 Å². The fraction of sp³-hybridized carbons (Fsp3) is 0.500. The summed E-state index contributed by atoms with van der Waals surface area (Å²) in [7, 11) is 0. The highest BCUT2D eigenvalue weighted by molar-refractivity contribution is 7.98. The van der Waals surface area contributed by atoms with Gasteiger partial charge in [0.05, 0.1) is 12.6 Å². The number of hydrogen-bond donors (Lipinski definition) is 7. The van der Waals surface area contributed by atoms with E-state index in [1.54, 1.807) is 6.20 Å². The molecular formula is C24H35N5O6S2. The van der Waals surface area contributed by atoms with Crippen LogP contribution in [0.25, 0.3) is 10.9 Å². The fourth-order valence-electron chi connectivity index (χ4n) is 3.65. The SMILES string of the molecule is CSCCC(NC(=O)C(N)Cc1c[nH]c2ccccc12)C(=O)NC(CCSC)C(=O)NC(CO)C(=O)O. The zero-order valence-corrected chi connectivity index (χ0v) is 22.5. The Morgan fingerprint density at radius 1 is 0.919 bits per heavy atom. The topological polar surface area (TPSA) is 187 Å². The molecule has 1 heterocycles. The van der Waals surface area contributed by atoms with E-state index < -0.39 is 54.5 Å². The molecule has 0 aliphatic heterocycles. The van der Waals surface area contributed by atoms with E-state index >= 15 is 0 Å². The monoisotopic (exact) mass is 553 g/mol. The number of amides is 3. The normalized spacial score (nSPS) is 14.4. The van der Waals surface area contributed by atoms with Gasteiger partial charge >= 0.3 is 5.97 Å². The molecule has 1 aromatic carbocycles. The maximum absolute atomic E-state index is 13.1. The first kappa shape index (κ1) is 30.5. The Labute approximate surface area is 224 Å². The predicted molar refractivity (Wildman–Crippen MR) is 146 cm³/mol. The third kappa shape index (κ3) is 9.26. The molecule has 204 valence electrons. The molecule has 37 heavy (non-hydrogen) atoms. The van der Waals surface area contributed by atoms with Crippen LogP contribution in [-0.4, -0.2) is 93.7 Å². The molecular weight excluding hydrogens is 518 g/mol. The number of carbonyl (C=O) groups is 4. The van der Waals surface area contributed by atoms with E-state index in [-0.39, 0.29) is 12.8 Å². The summed E-state index contributed by atoms with van der Waals surface area (Å²) in [5, 5.41) is 26.9. The van der Waals surface area contributed by atoms with E-state index in [0.29, 0.717) is 17.9 Å². The molecule has 0 fully saturated rings. The van der Waals surface area contributed by atoms with Crippen LogP contribution >= 0.6 is 23.5 Å². The maximum atomic E-state index is 13.1. The van der Waals surface area contributed by atoms with E-state index in [9.17, 15) is 24.3 Å². The lowest BCUT2D eigenvalue weighted by Crippen LogP contribution is -2.57. The minimum Gasteiger partial charge on any atom is -0.480 e. The molecule has 4 atom stereocenters. The number of aliphatic carboxylic acids is 1. The molecule has 8 N–H and O–H groups in total. The van der Waals surface area contributed by atoms with Crippen LogP contribution in [0.3, 0.4) is 0 Å². The van der Waals surface area contributed by atoms with Gasteiger partial charge in [-0.15, -0.1) is 0 Å². The van der Waals surface area contributed by atoms with Gasteiger partial charge in [0.25, 0.3) is 0 Å². The number of carbonyl (C=O) groups excluding carboxylic acids is 3. The zero-order chi connectivity index (χ0) is 27.4. The van der Waals surface area contributed by atoms with Crippen molar-refractivity contribution in [3.63, 3.8) is 0 Å². The number of carboxylic acid groups (broad SMARTS) is 1. The second-order valence-corrected chi connectivity index (χ2v) is 10.4. The molecule has 4 unspecified atom stereocenters. The Kier molecular flexibility index (Phi) is 12.8. The number of carboxylic acids is 1. The average molecular weight is 554 g/mol. The van der Waals surface area contributed by atoms with E-state index in [0.717, 1.165) is 16.5 Å². The van der Waals surface area contributed by atoms with Crippen molar-refractivity contribution in [1.82, 2.24) is 20.9 Å². The Morgan fingerprint density at radius 2 is 1.46 bits per heavy atom. The molecule has 1 aromatic heterocycles. The Balaban J connectivity index is 2.09. The van der Waals surface area contributed by atoms with E-state index in [2.05, 4.69) is 20.9 Å². The molecule has 11 nitrogen and oxygen atoms in total. The summed E-state index contributed by atoms with van der Waals surface area (Å²) in [4.78, 5) is 53.1. The van der Waals surface area contributed by atoms with Crippen molar-refractivity contribution in [3.05, 3.63) is 36.0 Å². The maximum Gasteiger partial charge on any atom is 0.328 e. The lowest BCUT2D eigenvalue weighted by atomic mass is 10.0. The van der Waals surface area contributed by atoms with Gasteiger partial charge in [-0.05, 0) is 54.9 Å². The van der Waals surface area contributed by atoms with Gasteiger partial charge in [0.1, 0.15) is 18.1 Å². The zero-order valence-electron chi connectivity index (χ0n) is 20.9. The molecule has 0 saturated heterocycles. The van der Waals surface area contributed by atoms with Crippen LogP contribution in [0.2, 0.25) is 0 Å². The van der Waals surface area contributed by atoms with Gasteiger partial charge in [0.2, 0.25) is 17.7 Å². The largest absolute Gasteiger partial charge is 0.480 e. The molecule has 0 saturated carbocycles. The van der Waals surface area contributed by atoms with E-state index in [1.165, 1.54) is 23.5 Å². The molecule has 0 aliphatic carbocycles. The van der Waals surface area contributed by atoms with E-state index in [1.807, 2.05) is 36.8 Å². The summed E-state index contributed by atoms with van der Waals surface area (Å²) >= 11 is 2.95. The van der Waals surface area contributed by atoms with Gasteiger partial charge in [0, 0.05) is 17.1 Å². The van der Waals surface area contributed by atoms with Crippen LogP contribution in [-0.2, 0) is 25.6 Å². The number of para-hydroxylation sites is 1. The Bertz CT molecular complexity index is 1070. The number of fused-ring (bicyclic) bond motifs is 1. The first-order valence-corrected chi connectivity index (χ1v) is 14.5. The van der Waals surface area contributed by atoms with Crippen LogP contribution in [0.4, 0.5) is 0 Å². The van der Waals surface area contributed by atoms with Crippen LogP contribution < -0.4 is 21.7 Å². The molecule has 13 heteroatoms. The number of aromatic nitrogens is 1. The number of aliphatic hydroxyl groups is 1. The van der Waals surface area contributed by atoms with Gasteiger partial charge < -0.3 is 36.9 Å². The second-order valence-electron chi connectivity index (χ2n) is 8.44. The summed E-state index contributed by atoms with van der Waals surface area (Å²) in [5.41, 5.74) is 8.00. The van der Waals surface area contributed by atoms with Crippen LogP contribution in [0.15, 0.2) is 30.5 Å². The van der Waals surface area contributed by atoms with Crippen molar-refractivity contribution >= 4 is 58.1 Å². The molecule has 0 radical (unpaired) electrons. The lowest BCUT2D eigenvalue weighted by molar-refractivity contribution is -0.143. The molecule has 2 rings (SSSR count). The van der Waals surface area contributed by atoms with Gasteiger partial charge in [0.15, 0.2) is 0 Å². The number of rotatable bonds is 16. The van der Waals surface area contributed by atoms with Crippen molar-refractivity contribution < 1.29 is 29.4 Å². The standard InChI is InChI=1S/C24H35N5O6S2/c1-36-9-7-18(22(32)28-19(8-10-37-2)23(33)29-20(13-30)24(34)35)27-21(31)16(25)11-14-12-26-17-6-4-3-5-15(14)17/h3-6,12,16,18-20,26,30H,7-11,13,25H2,1-2H3,(H,27,31)(H,28,32)(H,29,33)(H,34,35). The summed E-state index contributed by atoms with van der Waals surface area (Å²) < 4.78 is 0. The number of thioether (sulfide) groups is 2. The van der Waals surface area contributed by atoms with E-state index in [4.69, 9.17) is 10.8 Å². The average Bonchev–Trinajstić information content (AvgIpc) is 3.29. The number of benzene rings is 1. The molecule has 2 aromatic rings. The summed E-state index contributed by atoms with van der Waals surface area (Å²) in [6.07, 6.45) is 6.32. The van der Waals surface area contributed by atoms with Gasteiger partial charge in [-0.25, -0.2) is 4.79 Å². The van der Waals surface area contributed by atoms with Crippen molar-refractivity contribution in [2.75, 3.05) is 30.6 Å². The van der Waals surface area contributed by atoms with Crippen molar-refractivity contribution in [1.29, 1.82) is 0 Å². The van der Waals surface area contributed by atoms with Crippen molar-refractivity contribution in [3.8, 4) is 0 Å². The quantitative estimate of drug-likeness (QED) is 0.151. The molecule has 0 bridgehead atoms. The number of H-pyrrole nitrogens is 1. The summed E-state index contributed by atoms with van der Waals surface area (Å²) in [5.74, 6) is -2.09. The number of aromatic amines is 1. The van der Waals surface area contributed by atoms with Crippen LogP contribution in [0.1, 0.15) is 18.4 Å². The summed E-state index contributed by atoms with van der Waals surface area (Å²) in [6.45, 7) is -0.787. The first-order chi connectivity index (χ1) is 17.7. The highest BCUT2D eigenvalue weighted by Crippen LogP contribution is 2.19. The number of nitrogens with two attached hydrogens (primary N) is 1. The highest BCUT2D eigenvalue weighted by Gasteiger charge is 2.30. The summed E-state index contributed by atoms with van der Waals surface area (Å²) in [6, 6.07) is 3.30. The molecule has 3 amide bonds. The van der Waals surface area contributed by atoms with Gasteiger partial charge in [-0.2, -0.15) is 23.5 Å². The Morgan fingerprint density at radius 3 is 2.00 bits per heavy atom. The van der Waals surface area contributed by atoms with Crippen LogP contribution in [0, 0.1) is 0 Å². The number of nitrogens with one attached hydrogen (secondary N) is 4. The smallest absolute Gasteiger partial charge is 0.328 e.